The van der Waals surface area contributed by atoms with Crippen molar-refractivity contribution in [2.24, 2.45) is 0 Å². The van der Waals surface area contributed by atoms with Crippen LogP contribution >= 0.6 is 0 Å². The number of hydrogen-bond acceptors (Lipinski definition) is 3. The molecular weight excluding hydrogens is 588 g/mol. The topological polar surface area (TPSA) is 55.0 Å². The molecule has 4 heteroatoms. The van der Waals surface area contributed by atoms with Crippen LogP contribution in [0.5, 0.6) is 0 Å². The molecule has 6 aromatic carbocycles. The Morgan fingerprint density at radius 2 is 1.35 bits per heavy atom. The van der Waals surface area contributed by atoms with E-state index in [1.165, 1.54) is 10.8 Å². The number of fused-ring (bicyclic) bond motifs is 7. The van der Waals surface area contributed by atoms with Crippen molar-refractivity contribution < 1.29 is 8.83 Å². The lowest BCUT2D eigenvalue weighted by Crippen LogP contribution is -1.98. The van der Waals surface area contributed by atoms with Crippen molar-refractivity contribution in [3.8, 4) is 35.2 Å². The molecule has 0 fully saturated rings. The number of hydrogen-bond donors (Lipinski definition) is 0. The van der Waals surface area contributed by atoms with Crippen LogP contribution in [0.3, 0.4) is 0 Å². The second-order valence-corrected chi connectivity index (χ2v) is 12.0. The minimum atomic E-state index is 0.602. The summed E-state index contributed by atoms with van der Waals surface area (Å²) < 4.78 is 14.9. The number of terminal acetylenes is 1. The highest BCUT2D eigenvalue weighted by Gasteiger charge is 2.19. The highest BCUT2D eigenvalue weighted by molar-refractivity contribution is 6.13. The fourth-order valence-corrected chi connectivity index (χ4v) is 7.04. The summed E-state index contributed by atoms with van der Waals surface area (Å²) >= 11 is 0. The van der Waals surface area contributed by atoms with Crippen LogP contribution in [0.4, 0.5) is 0 Å². The van der Waals surface area contributed by atoms with Crippen LogP contribution in [0.25, 0.3) is 83.2 Å². The molecule has 0 N–H and O–H groups in total. The van der Waals surface area contributed by atoms with E-state index in [0.717, 1.165) is 83.2 Å². The number of allylic oxidation sites excluding steroid dienone is 1. The summed E-state index contributed by atoms with van der Waals surface area (Å²) in [5, 5.41) is 15.2. The molecule has 0 aliphatic carbocycles. The summed E-state index contributed by atoms with van der Waals surface area (Å²) in [5.74, 6) is 3.65. The maximum Gasteiger partial charge on any atom is 0.139 e. The van der Waals surface area contributed by atoms with Gasteiger partial charge in [0, 0.05) is 49.7 Å². The van der Waals surface area contributed by atoms with Gasteiger partial charge in [-0.3, -0.25) is 0 Å². The quantitative estimate of drug-likeness (QED) is 0.185. The van der Waals surface area contributed by atoms with Crippen molar-refractivity contribution in [2.75, 3.05) is 0 Å². The highest BCUT2D eigenvalue weighted by atomic mass is 16.3. The van der Waals surface area contributed by atoms with Crippen LogP contribution in [0.15, 0.2) is 136 Å². The molecule has 9 aromatic rings. The van der Waals surface area contributed by atoms with E-state index in [9.17, 15) is 5.26 Å². The molecule has 3 heterocycles. The first-order chi connectivity index (χ1) is 23.6. The van der Waals surface area contributed by atoms with Gasteiger partial charge in [0.25, 0.3) is 0 Å². The Kier molecular flexibility index (Phi) is 6.12. The Morgan fingerprint density at radius 1 is 0.667 bits per heavy atom. The zero-order valence-electron chi connectivity index (χ0n) is 26.0. The maximum absolute atomic E-state index is 9.93. The Labute approximate surface area is 276 Å². The lowest BCUT2D eigenvalue weighted by atomic mass is 9.98. The van der Waals surface area contributed by atoms with Gasteiger partial charge in [0.2, 0.25) is 0 Å². The smallest absolute Gasteiger partial charge is 0.139 e. The van der Waals surface area contributed by atoms with Gasteiger partial charge in [-0.15, -0.1) is 6.42 Å². The summed E-state index contributed by atoms with van der Waals surface area (Å²) in [4.78, 5) is 0. The Hall–Kier alpha value is -6.75. The summed E-state index contributed by atoms with van der Waals surface area (Å²) in [5.41, 5.74) is 10.8. The van der Waals surface area contributed by atoms with Crippen molar-refractivity contribution >= 4 is 66.4 Å². The van der Waals surface area contributed by atoms with Gasteiger partial charge in [-0.1, -0.05) is 84.8 Å². The standard InChI is InChI=1S/C44H26N2O2/c1-3-29(30-11-5-4-6-12-30)22-35-27(2)47-43-25-44-38(24-37(35)43)36-23-31(18-20-42(36)48-44)32-19-17-28(26-45)21-41(32)46-39-15-9-7-13-33(39)34-14-8-10-16-40(34)46/h1,4-25H,2H3/b29-22+. The van der Waals surface area contributed by atoms with Crippen LogP contribution in [0.1, 0.15) is 22.5 Å². The van der Waals surface area contributed by atoms with Gasteiger partial charge in [0.05, 0.1) is 28.4 Å². The first-order valence-electron chi connectivity index (χ1n) is 15.8. The summed E-state index contributed by atoms with van der Waals surface area (Å²) in [6.45, 7) is 1.96. The van der Waals surface area contributed by atoms with Crippen molar-refractivity contribution in [2.45, 2.75) is 6.92 Å². The third-order valence-electron chi connectivity index (χ3n) is 9.29. The van der Waals surface area contributed by atoms with Crippen molar-refractivity contribution in [1.82, 2.24) is 4.57 Å². The average Bonchev–Trinajstić information content (AvgIpc) is 3.77. The Morgan fingerprint density at radius 3 is 2.08 bits per heavy atom. The largest absolute Gasteiger partial charge is 0.461 e. The number of nitriles is 1. The SMILES string of the molecule is C#C/C(=C\c1c(C)oc2cc3oc4ccc(-c5ccc(C#N)cc5-n5c6ccccc6c6ccccc65)cc4c3cc12)c1ccccc1. The molecule has 0 aliphatic heterocycles. The number of benzene rings is 6. The normalized spacial score (nSPS) is 11.9. The van der Waals surface area contributed by atoms with Gasteiger partial charge >= 0.3 is 0 Å². The van der Waals surface area contributed by atoms with Gasteiger partial charge in [-0.05, 0) is 66.6 Å². The van der Waals surface area contributed by atoms with E-state index < -0.39 is 0 Å². The van der Waals surface area contributed by atoms with Crippen LogP contribution in [0.2, 0.25) is 0 Å². The second-order valence-electron chi connectivity index (χ2n) is 12.0. The van der Waals surface area contributed by atoms with Crippen LogP contribution in [-0.2, 0) is 0 Å². The zero-order chi connectivity index (χ0) is 32.4. The summed E-state index contributed by atoms with van der Waals surface area (Å²) in [6.07, 6.45) is 8.01. The number of para-hydroxylation sites is 2. The molecule has 0 saturated carbocycles. The van der Waals surface area contributed by atoms with Gasteiger partial charge in [0.15, 0.2) is 0 Å². The van der Waals surface area contributed by atoms with E-state index in [0.29, 0.717) is 5.56 Å². The molecule has 0 radical (unpaired) electrons. The van der Waals surface area contributed by atoms with E-state index in [2.05, 4.69) is 83.3 Å². The molecular formula is C44H26N2O2. The molecule has 4 nitrogen and oxygen atoms in total. The molecule has 9 rings (SSSR count). The van der Waals surface area contributed by atoms with Gasteiger partial charge in [0.1, 0.15) is 22.5 Å². The molecule has 0 aliphatic rings. The lowest BCUT2D eigenvalue weighted by molar-refractivity contribution is 0.576. The minimum absolute atomic E-state index is 0.602. The van der Waals surface area contributed by atoms with Gasteiger partial charge < -0.3 is 13.4 Å². The molecule has 0 bridgehead atoms. The average molecular weight is 615 g/mol. The highest BCUT2D eigenvalue weighted by Crippen LogP contribution is 2.41. The molecule has 48 heavy (non-hydrogen) atoms. The van der Waals surface area contributed by atoms with E-state index in [4.69, 9.17) is 15.3 Å². The van der Waals surface area contributed by atoms with Crippen LogP contribution in [0, 0.1) is 30.6 Å². The fraction of sp³-hybridized carbons (Fsp3) is 0.0227. The molecule has 224 valence electrons. The molecule has 0 saturated heterocycles. The fourth-order valence-electron chi connectivity index (χ4n) is 7.04. The third kappa shape index (κ3) is 4.18. The predicted octanol–water partition coefficient (Wildman–Crippen LogP) is 11.5. The van der Waals surface area contributed by atoms with Crippen LogP contribution in [-0.4, -0.2) is 4.57 Å². The molecule has 3 aromatic heterocycles. The number of rotatable bonds is 4. The van der Waals surface area contributed by atoms with Gasteiger partial charge in [-0.2, -0.15) is 5.26 Å². The number of furan rings is 2. The van der Waals surface area contributed by atoms with Crippen molar-refractivity contribution in [3.63, 3.8) is 0 Å². The number of aryl methyl sites for hydroxylation is 1. The monoisotopic (exact) mass is 614 g/mol. The van der Waals surface area contributed by atoms with E-state index >= 15 is 0 Å². The summed E-state index contributed by atoms with van der Waals surface area (Å²) in [7, 11) is 0. The van der Waals surface area contributed by atoms with Crippen molar-refractivity contribution in [3.05, 3.63) is 150 Å². The van der Waals surface area contributed by atoms with Gasteiger partial charge in [-0.25, -0.2) is 0 Å². The Balaban J connectivity index is 1.27. The van der Waals surface area contributed by atoms with Crippen molar-refractivity contribution in [1.29, 1.82) is 5.26 Å². The predicted molar refractivity (Wildman–Crippen MR) is 196 cm³/mol. The first-order valence-corrected chi connectivity index (χ1v) is 15.8. The lowest BCUT2D eigenvalue weighted by Gasteiger charge is -2.15. The second kappa shape index (κ2) is 10.7. The van der Waals surface area contributed by atoms with E-state index in [-0.39, 0.29) is 0 Å². The maximum atomic E-state index is 9.93. The van der Waals surface area contributed by atoms with E-state index in [1.54, 1.807) is 0 Å². The third-order valence-corrected chi connectivity index (χ3v) is 9.29. The Bertz CT molecular complexity index is 2810. The first kappa shape index (κ1) is 27.6. The molecule has 0 atom stereocenters. The van der Waals surface area contributed by atoms with E-state index in [1.807, 2.05) is 73.7 Å². The minimum Gasteiger partial charge on any atom is -0.461 e. The molecule has 0 spiro atoms. The number of aromatic nitrogens is 1. The number of nitrogens with zero attached hydrogens (tertiary/aromatic N) is 2. The summed E-state index contributed by atoms with van der Waals surface area (Å²) in [6, 6.07) is 45.5. The molecule has 0 unspecified atom stereocenters. The van der Waals surface area contributed by atoms with Crippen LogP contribution < -0.4 is 0 Å². The zero-order valence-corrected chi connectivity index (χ0v) is 26.0. The molecule has 0 amide bonds.